The molecule has 1 heterocycles. The summed E-state index contributed by atoms with van der Waals surface area (Å²) in [5.74, 6) is 0. The number of rotatable bonds is 4. The Balaban J connectivity index is 0.000000324. The van der Waals surface area contributed by atoms with Gasteiger partial charge in [-0.25, -0.2) is 12.8 Å². The first-order valence-corrected chi connectivity index (χ1v) is 12.2. The second-order valence-electron chi connectivity index (χ2n) is 7.18. The summed E-state index contributed by atoms with van der Waals surface area (Å²) in [7, 11) is -3.10. The van der Waals surface area contributed by atoms with Crippen molar-refractivity contribution in [1.29, 1.82) is 0 Å². The van der Waals surface area contributed by atoms with Gasteiger partial charge in [-0.05, 0) is 37.1 Å². The molecule has 1 aliphatic heterocycles. The summed E-state index contributed by atoms with van der Waals surface area (Å²) in [5.41, 5.74) is -6.59. The first kappa shape index (κ1) is 29.9. The van der Waals surface area contributed by atoms with Gasteiger partial charge in [-0.15, -0.1) is 0 Å². The highest BCUT2D eigenvalue weighted by molar-refractivity contribution is 7.92. The fraction of sp³-hybridized carbons (Fsp3) is 0.478. The van der Waals surface area contributed by atoms with Crippen molar-refractivity contribution in [2.75, 3.05) is 13.1 Å². The third-order valence-electron chi connectivity index (χ3n) is 5.04. The molecule has 1 unspecified atom stereocenters. The summed E-state index contributed by atoms with van der Waals surface area (Å²) in [4.78, 5) is 0.439. The van der Waals surface area contributed by atoms with E-state index < -0.39 is 33.4 Å². The van der Waals surface area contributed by atoms with Gasteiger partial charge in [-0.2, -0.15) is 26.3 Å². The standard InChI is InChI=1S/C11H9F7.C10H13NO2S.C2H6/c1-2-7-4-3-5-8(6-7)9(12,10(13,14)15)11(16,17)18;12-14(13,10-6-7-11-8-10)9-4-2-1-3-5-9;1-2/h3-6H,2H2,1H3;1-5,10-11H,6-8H2;1-2H3. The van der Waals surface area contributed by atoms with Crippen LogP contribution in [0.25, 0.3) is 0 Å². The molecule has 0 amide bonds. The largest absolute Gasteiger partial charge is 0.435 e. The van der Waals surface area contributed by atoms with Crippen LogP contribution in [0.3, 0.4) is 0 Å². The van der Waals surface area contributed by atoms with Crippen LogP contribution in [0.15, 0.2) is 59.5 Å². The topological polar surface area (TPSA) is 46.2 Å². The number of benzene rings is 2. The Bertz CT molecular complexity index is 970. The predicted octanol–water partition coefficient (Wildman–Crippen LogP) is 6.39. The van der Waals surface area contributed by atoms with Crippen LogP contribution >= 0.6 is 0 Å². The minimum Gasteiger partial charge on any atom is -0.315 e. The van der Waals surface area contributed by atoms with E-state index in [9.17, 15) is 39.2 Å². The number of sulfone groups is 1. The van der Waals surface area contributed by atoms with Crippen molar-refractivity contribution < 1.29 is 39.2 Å². The normalized spacial score (nSPS) is 16.7. The lowest BCUT2D eigenvalue weighted by Gasteiger charge is -2.30. The van der Waals surface area contributed by atoms with E-state index in [1.54, 1.807) is 31.2 Å². The van der Waals surface area contributed by atoms with E-state index in [0.29, 0.717) is 23.6 Å². The van der Waals surface area contributed by atoms with Crippen LogP contribution in [-0.2, 0) is 21.9 Å². The number of halogens is 7. The first-order valence-electron chi connectivity index (χ1n) is 10.7. The van der Waals surface area contributed by atoms with Gasteiger partial charge in [0.05, 0.1) is 10.1 Å². The zero-order valence-electron chi connectivity index (χ0n) is 19.0. The summed E-state index contributed by atoms with van der Waals surface area (Å²) in [6, 6.07) is 12.0. The molecule has 34 heavy (non-hydrogen) atoms. The van der Waals surface area contributed by atoms with Crippen LogP contribution in [0.5, 0.6) is 0 Å². The Labute approximate surface area is 195 Å². The minimum atomic E-state index is -6.06. The van der Waals surface area contributed by atoms with E-state index in [1.165, 1.54) is 6.07 Å². The van der Waals surface area contributed by atoms with Gasteiger partial charge in [-0.1, -0.05) is 63.2 Å². The van der Waals surface area contributed by atoms with E-state index in [-0.39, 0.29) is 17.2 Å². The summed E-state index contributed by atoms with van der Waals surface area (Å²) < 4.78 is 112. The fourth-order valence-corrected chi connectivity index (χ4v) is 4.88. The van der Waals surface area contributed by atoms with Gasteiger partial charge in [0.25, 0.3) is 0 Å². The monoisotopic (exact) mass is 515 g/mol. The van der Waals surface area contributed by atoms with E-state index >= 15 is 0 Å². The predicted molar refractivity (Wildman–Crippen MR) is 117 cm³/mol. The maximum Gasteiger partial charge on any atom is 0.435 e. The molecule has 192 valence electrons. The average molecular weight is 516 g/mol. The molecule has 1 aliphatic rings. The highest BCUT2D eigenvalue weighted by Gasteiger charge is 2.73. The molecule has 0 radical (unpaired) electrons. The fourth-order valence-electron chi connectivity index (χ4n) is 3.19. The lowest BCUT2D eigenvalue weighted by molar-refractivity contribution is -0.348. The molecule has 0 spiro atoms. The van der Waals surface area contributed by atoms with Crippen LogP contribution < -0.4 is 5.32 Å². The van der Waals surface area contributed by atoms with Crippen molar-refractivity contribution in [2.24, 2.45) is 0 Å². The van der Waals surface area contributed by atoms with Gasteiger partial charge in [0.1, 0.15) is 0 Å². The third kappa shape index (κ3) is 6.71. The molecular formula is C23H28F7NO2S. The van der Waals surface area contributed by atoms with Crippen molar-refractivity contribution in [3.05, 3.63) is 65.7 Å². The SMILES string of the molecule is CC.CCc1cccc(C(F)(C(F)(F)F)C(F)(F)F)c1.O=S(=O)(c1ccccc1)C1CCNC1. The molecule has 1 saturated heterocycles. The Kier molecular flexibility index (Phi) is 10.6. The molecule has 11 heteroatoms. The van der Waals surface area contributed by atoms with Gasteiger partial charge in [-0.3, -0.25) is 0 Å². The van der Waals surface area contributed by atoms with Crippen LogP contribution in [0.4, 0.5) is 30.7 Å². The van der Waals surface area contributed by atoms with Crippen molar-refractivity contribution >= 4 is 9.84 Å². The first-order chi connectivity index (χ1) is 15.7. The molecule has 1 atom stereocenters. The molecule has 3 rings (SSSR count). The maximum atomic E-state index is 13.6. The smallest absolute Gasteiger partial charge is 0.315 e. The highest BCUT2D eigenvalue weighted by atomic mass is 32.2. The number of aryl methyl sites for hydroxylation is 1. The van der Waals surface area contributed by atoms with Gasteiger partial charge in [0.2, 0.25) is 0 Å². The van der Waals surface area contributed by atoms with Crippen molar-refractivity contribution in [1.82, 2.24) is 5.32 Å². The van der Waals surface area contributed by atoms with Gasteiger partial charge >= 0.3 is 18.0 Å². The Morgan fingerprint density at radius 1 is 0.882 bits per heavy atom. The average Bonchev–Trinajstić information content (AvgIpc) is 3.35. The number of nitrogens with one attached hydrogen (secondary N) is 1. The second kappa shape index (κ2) is 12.0. The second-order valence-corrected chi connectivity index (χ2v) is 9.41. The number of alkyl halides is 7. The molecule has 2 aromatic rings. The maximum absolute atomic E-state index is 13.6. The van der Waals surface area contributed by atoms with E-state index in [1.807, 2.05) is 19.9 Å². The summed E-state index contributed by atoms with van der Waals surface area (Å²) in [5, 5.41) is 2.82. The molecule has 0 aromatic heterocycles. The van der Waals surface area contributed by atoms with Crippen LogP contribution in [-0.4, -0.2) is 39.1 Å². The van der Waals surface area contributed by atoms with Gasteiger partial charge in [0, 0.05) is 12.1 Å². The van der Waals surface area contributed by atoms with Crippen molar-refractivity contribution in [3.8, 4) is 0 Å². The third-order valence-corrected chi connectivity index (χ3v) is 7.25. The molecule has 1 fully saturated rings. The Hall–Kier alpha value is -2.14. The summed E-state index contributed by atoms with van der Waals surface area (Å²) in [6.45, 7) is 6.92. The lowest BCUT2D eigenvalue weighted by atomic mass is 9.92. The van der Waals surface area contributed by atoms with E-state index in [2.05, 4.69) is 5.32 Å². The lowest BCUT2D eigenvalue weighted by Crippen LogP contribution is -2.50. The zero-order chi connectivity index (χ0) is 26.2. The zero-order valence-corrected chi connectivity index (χ0v) is 19.8. The van der Waals surface area contributed by atoms with Gasteiger partial charge < -0.3 is 5.32 Å². The molecule has 3 nitrogen and oxygen atoms in total. The number of hydrogen-bond donors (Lipinski definition) is 1. The molecule has 1 N–H and O–H groups in total. The van der Waals surface area contributed by atoms with E-state index in [4.69, 9.17) is 0 Å². The molecule has 0 aliphatic carbocycles. The minimum absolute atomic E-state index is 0.197. The molecule has 0 bridgehead atoms. The van der Waals surface area contributed by atoms with Crippen LogP contribution in [0, 0.1) is 0 Å². The summed E-state index contributed by atoms with van der Waals surface area (Å²) >= 11 is 0. The molecule has 0 saturated carbocycles. The van der Waals surface area contributed by atoms with E-state index in [0.717, 1.165) is 19.0 Å². The summed E-state index contributed by atoms with van der Waals surface area (Å²) in [6.07, 6.45) is -11.2. The van der Waals surface area contributed by atoms with Crippen molar-refractivity contribution in [2.45, 2.75) is 61.8 Å². The van der Waals surface area contributed by atoms with Crippen LogP contribution in [0.2, 0.25) is 0 Å². The molecule has 2 aromatic carbocycles. The number of hydrogen-bond acceptors (Lipinski definition) is 3. The molecular weight excluding hydrogens is 487 g/mol. The van der Waals surface area contributed by atoms with Gasteiger partial charge in [0.15, 0.2) is 9.84 Å². The van der Waals surface area contributed by atoms with Crippen molar-refractivity contribution in [3.63, 3.8) is 0 Å². The highest BCUT2D eigenvalue weighted by Crippen LogP contribution is 2.53. The quantitative estimate of drug-likeness (QED) is 0.481. The Morgan fingerprint density at radius 2 is 1.44 bits per heavy atom. The Morgan fingerprint density at radius 3 is 1.88 bits per heavy atom. The van der Waals surface area contributed by atoms with Crippen LogP contribution in [0.1, 0.15) is 38.3 Å².